The molecule has 2 aliphatic carbocycles. The van der Waals surface area contributed by atoms with Crippen LogP contribution >= 0.6 is 0 Å². The molecule has 0 spiro atoms. The van der Waals surface area contributed by atoms with Crippen LogP contribution in [0.1, 0.15) is 85.0 Å². The molecule has 0 radical (unpaired) electrons. The fourth-order valence-corrected chi connectivity index (χ4v) is 10.8. The largest absolute Gasteiger partial charge is 0.274 e. The van der Waals surface area contributed by atoms with Gasteiger partial charge in [0.2, 0.25) is 0 Å². The molecular weight excluding hydrogens is 219 g/mol. The predicted molar refractivity (Wildman–Crippen MR) is 79.1 cm³/mol. The van der Waals surface area contributed by atoms with Gasteiger partial charge in [0.05, 0.1) is 0 Å². The van der Waals surface area contributed by atoms with Crippen LogP contribution in [0.3, 0.4) is 0 Å². The highest BCUT2D eigenvalue weighted by atomic mass is 27.2. The van der Waals surface area contributed by atoms with Gasteiger partial charge in [-0.3, -0.25) is 0 Å². The molecule has 2 rings (SSSR count). The van der Waals surface area contributed by atoms with Gasteiger partial charge in [0, 0.05) is 0 Å². The molecule has 0 aliphatic heterocycles. The Labute approximate surface area is 113 Å². The standard InChI is InChI=1S/2C6H11.C4H9.Al/c2*1-2-4-6-5-3-1;1-4(2)3;/h2*1H,2-6H2;1-3H3;. The van der Waals surface area contributed by atoms with E-state index in [4.69, 9.17) is 0 Å². The molecule has 98 valence electrons. The molecule has 0 saturated heterocycles. The van der Waals surface area contributed by atoms with Gasteiger partial charge in [-0.25, -0.2) is 0 Å². The third-order valence-electron chi connectivity index (χ3n) is 5.32. The monoisotopic (exact) mass is 250 g/mol. The smallest absolute Gasteiger partial charge is 0.0815 e. The van der Waals surface area contributed by atoms with Crippen LogP contribution in [0.25, 0.3) is 0 Å². The zero-order valence-corrected chi connectivity index (χ0v) is 13.5. The molecule has 0 aromatic carbocycles. The molecule has 2 aliphatic rings. The van der Waals surface area contributed by atoms with Crippen molar-refractivity contribution >= 4 is 14.1 Å². The Morgan fingerprint density at radius 2 is 1.00 bits per heavy atom. The third-order valence-corrected chi connectivity index (χ3v) is 10.7. The van der Waals surface area contributed by atoms with Gasteiger partial charge in [-0.2, -0.15) is 0 Å². The Bertz CT molecular complexity index is 198. The molecule has 0 nitrogen and oxygen atoms in total. The summed E-state index contributed by atoms with van der Waals surface area (Å²) in [6, 6.07) is 0. The lowest BCUT2D eigenvalue weighted by atomic mass is 9.99. The average molecular weight is 250 g/mol. The van der Waals surface area contributed by atoms with Gasteiger partial charge in [-0.05, 0) is 0 Å². The summed E-state index contributed by atoms with van der Waals surface area (Å²) >= 11 is -0.585. The van der Waals surface area contributed by atoms with E-state index >= 15 is 0 Å². The van der Waals surface area contributed by atoms with Crippen molar-refractivity contribution < 1.29 is 0 Å². The summed E-state index contributed by atoms with van der Waals surface area (Å²) in [5, 5.41) is 0. The van der Waals surface area contributed by atoms with Gasteiger partial charge in [0.15, 0.2) is 0 Å². The van der Waals surface area contributed by atoms with Crippen molar-refractivity contribution in [3.8, 4) is 0 Å². The first-order chi connectivity index (χ1) is 8.09. The van der Waals surface area contributed by atoms with Gasteiger partial charge >= 0.3 is 0 Å². The van der Waals surface area contributed by atoms with Gasteiger partial charge in [-0.15, -0.1) is 0 Å². The molecule has 0 N–H and O–H groups in total. The first kappa shape index (κ1) is 14.0. The summed E-state index contributed by atoms with van der Waals surface area (Å²) in [7, 11) is 0. The Morgan fingerprint density at radius 1 is 0.647 bits per heavy atom. The molecule has 0 atom stereocenters. The highest BCUT2D eigenvalue weighted by molar-refractivity contribution is 6.65. The van der Waals surface area contributed by atoms with E-state index in [0.29, 0.717) is 4.28 Å². The van der Waals surface area contributed by atoms with Crippen molar-refractivity contribution in [2.24, 2.45) is 0 Å². The maximum Gasteiger partial charge on any atom is 0.274 e. The molecule has 2 saturated carbocycles. The Kier molecular flexibility index (Phi) is 5.02. The summed E-state index contributed by atoms with van der Waals surface area (Å²) < 4.78 is 3.04. The normalized spacial score (nSPS) is 24.9. The molecule has 0 bridgehead atoms. The molecule has 2 fully saturated rings. The fourth-order valence-electron chi connectivity index (χ4n) is 4.79. The van der Waals surface area contributed by atoms with Crippen molar-refractivity contribution in [2.45, 2.75) is 98.8 Å². The molecular formula is C16H31Al. The summed E-state index contributed by atoms with van der Waals surface area (Å²) in [6.07, 6.45) is 15.5. The second-order valence-electron chi connectivity index (χ2n) is 7.69. The fraction of sp³-hybridized carbons (Fsp3) is 1.00. The Hall–Kier alpha value is 0.532. The Balaban J connectivity index is 2.06. The lowest BCUT2D eigenvalue weighted by molar-refractivity contribution is 0.445. The molecule has 0 heterocycles. The average Bonchev–Trinajstić information content (AvgIpc) is 2.30. The molecule has 1 heteroatoms. The van der Waals surface area contributed by atoms with Gasteiger partial charge in [0.25, 0.3) is 14.1 Å². The minimum absolute atomic E-state index is 0.585. The van der Waals surface area contributed by atoms with Crippen LogP contribution < -0.4 is 0 Å². The van der Waals surface area contributed by atoms with E-state index in [1.165, 1.54) is 48.1 Å². The van der Waals surface area contributed by atoms with Gasteiger partial charge < -0.3 is 0 Å². The molecule has 0 aromatic heterocycles. The van der Waals surface area contributed by atoms with Crippen LogP contribution in [-0.2, 0) is 0 Å². The zero-order chi connectivity index (χ0) is 12.3. The Morgan fingerprint density at radius 3 is 1.29 bits per heavy atom. The summed E-state index contributed by atoms with van der Waals surface area (Å²) in [6.45, 7) is 7.69. The second kappa shape index (κ2) is 6.12. The molecule has 0 amide bonds. The highest BCUT2D eigenvalue weighted by Gasteiger charge is 2.43. The van der Waals surface area contributed by atoms with E-state index in [9.17, 15) is 0 Å². The third kappa shape index (κ3) is 3.75. The maximum absolute atomic E-state index is 2.56. The van der Waals surface area contributed by atoms with E-state index in [2.05, 4.69) is 20.8 Å². The summed E-state index contributed by atoms with van der Waals surface area (Å²) in [5.74, 6) is 0. The molecule has 0 unspecified atom stereocenters. The van der Waals surface area contributed by atoms with E-state index in [0.717, 1.165) is 0 Å². The number of rotatable bonds is 2. The first-order valence-corrected chi connectivity index (χ1v) is 10.00. The topological polar surface area (TPSA) is 0 Å². The SMILES string of the molecule is C[C](C)(C)[Al]([CH]1CCCCC1)[CH]1CCCCC1. The van der Waals surface area contributed by atoms with Crippen molar-refractivity contribution in [1.29, 1.82) is 0 Å². The highest BCUT2D eigenvalue weighted by Crippen LogP contribution is 2.50. The van der Waals surface area contributed by atoms with Crippen LogP contribution in [0.5, 0.6) is 0 Å². The summed E-state index contributed by atoms with van der Waals surface area (Å²) in [4.78, 5) is 0. The molecule has 17 heavy (non-hydrogen) atoms. The van der Waals surface area contributed by atoms with Crippen molar-refractivity contribution in [3.63, 3.8) is 0 Å². The van der Waals surface area contributed by atoms with Crippen LogP contribution in [-0.4, -0.2) is 14.1 Å². The first-order valence-electron chi connectivity index (χ1n) is 8.09. The van der Waals surface area contributed by atoms with E-state index in [-0.39, 0.29) is 0 Å². The zero-order valence-electron chi connectivity index (χ0n) is 12.3. The summed E-state index contributed by atoms with van der Waals surface area (Å²) in [5.41, 5.74) is 0. The van der Waals surface area contributed by atoms with Crippen LogP contribution in [0.15, 0.2) is 0 Å². The quantitative estimate of drug-likeness (QED) is 0.531. The van der Waals surface area contributed by atoms with Crippen LogP contribution in [0, 0.1) is 0 Å². The second-order valence-corrected chi connectivity index (χ2v) is 12.4. The molecule has 0 aromatic rings. The lowest BCUT2D eigenvalue weighted by Crippen LogP contribution is -2.37. The number of hydrogen-bond acceptors (Lipinski definition) is 0. The van der Waals surface area contributed by atoms with Gasteiger partial charge in [-0.1, -0.05) is 98.8 Å². The van der Waals surface area contributed by atoms with Crippen LogP contribution in [0.2, 0.25) is 13.8 Å². The minimum Gasteiger partial charge on any atom is -0.0815 e. The van der Waals surface area contributed by atoms with Gasteiger partial charge in [0.1, 0.15) is 0 Å². The van der Waals surface area contributed by atoms with Crippen LogP contribution in [0.4, 0.5) is 0 Å². The van der Waals surface area contributed by atoms with E-state index < -0.39 is 14.1 Å². The number of hydrogen-bond donors (Lipinski definition) is 0. The van der Waals surface area contributed by atoms with E-state index in [1.54, 1.807) is 25.7 Å². The van der Waals surface area contributed by atoms with Crippen molar-refractivity contribution in [1.82, 2.24) is 0 Å². The maximum atomic E-state index is 2.56. The van der Waals surface area contributed by atoms with Crippen molar-refractivity contribution in [3.05, 3.63) is 0 Å². The minimum atomic E-state index is -0.585. The van der Waals surface area contributed by atoms with E-state index in [1.807, 2.05) is 0 Å². The predicted octanol–water partition coefficient (Wildman–Crippen LogP) is 5.95. The lowest BCUT2D eigenvalue weighted by Gasteiger charge is -2.41. The van der Waals surface area contributed by atoms with Crippen molar-refractivity contribution in [2.75, 3.05) is 0 Å².